The first-order valence-electron chi connectivity index (χ1n) is 7.27. The van der Waals surface area contributed by atoms with Crippen molar-refractivity contribution < 1.29 is 14.3 Å². The molecule has 2 rings (SSSR count). The molecule has 2 aromatic carbocycles. The third-order valence-corrected chi connectivity index (χ3v) is 4.02. The number of para-hydroxylation sites is 3. The van der Waals surface area contributed by atoms with Crippen LogP contribution in [0.2, 0.25) is 0 Å². The Bertz CT molecular complexity index is 735. The number of ether oxygens (including phenoxy) is 2. The van der Waals surface area contributed by atoms with Crippen molar-refractivity contribution in [1.82, 2.24) is 5.32 Å². The maximum Gasteiger partial charge on any atom is 0.256 e. The number of benzene rings is 2. The van der Waals surface area contributed by atoms with Crippen molar-refractivity contribution in [3.63, 3.8) is 0 Å². The molecule has 25 heavy (non-hydrogen) atoms. The van der Waals surface area contributed by atoms with Gasteiger partial charge in [0.25, 0.3) is 5.91 Å². The molecule has 0 spiro atoms. The fourth-order valence-electron chi connectivity index (χ4n) is 2.16. The summed E-state index contributed by atoms with van der Waals surface area (Å²) < 4.78 is 8.64. The lowest BCUT2D eigenvalue weighted by molar-refractivity contribution is 0.0938. The van der Waals surface area contributed by atoms with Crippen LogP contribution in [0.4, 0.5) is 5.69 Å². The van der Waals surface area contributed by atoms with Crippen molar-refractivity contribution in [3.05, 3.63) is 54.1 Å². The zero-order valence-electron chi connectivity index (χ0n) is 13.6. The average Bonchev–Trinajstić information content (AvgIpc) is 2.60. The molecule has 0 bridgehead atoms. The van der Waals surface area contributed by atoms with Gasteiger partial charge in [-0.25, -0.2) is 0 Å². The molecule has 0 fully saturated rings. The highest BCUT2D eigenvalue weighted by atomic mass is 35.6. The molecule has 134 valence electrons. The summed E-state index contributed by atoms with van der Waals surface area (Å²) in [7, 11) is 3.00. The predicted octanol–water partition coefficient (Wildman–Crippen LogP) is 4.24. The lowest BCUT2D eigenvalue weighted by Gasteiger charge is -2.28. The summed E-state index contributed by atoms with van der Waals surface area (Å²) in [6.07, 6.45) is -1.01. The zero-order valence-corrected chi connectivity index (χ0v) is 15.8. The van der Waals surface area contributed by atoms with Crippen LogP contribution in [-0.2, 0) is 0 Å². The lowest BCUT2D eigenvalue weighted by atomic mass is 10.2. The largest absolute Gasteiger partial charge is 0.496 e. The number of methoxy groups -OCH3 is 2. The Morgan fingerprint density at radius 3 is 2.12 bits per heavy atom. The number of nitrogens with one attached hydrogen (secondary N) is 2. The van der Waals surface area contributed by atoms with Crippen molar-refractivity contribution in [2.45, 2.75) is 9.96 Å². The van der Waals surface area contributed by atoms with Crippen LogP contribution < -0.4 is 20.1 Å². The molecule has 0 aliphatic heterocycles. The summed E-state index contributed by atoms with van der Waals surface area (Å²) in [5.74, 6) is 0.518. The van der Waals surface area contributed by atoms with Crippen molar-refractivity contribution in [3.8, 4) is 11.5 Å². The number of amides is 1. The molecule has 0 aromatic heterocycles. The van der Waals surface area contributed by atoms with Crippen molar-refractivity contribution in [2.24, 2.45) is 0 Å². The van der Waals surface area contributed by atoms with Crippen LogP contribution in [0.25, 0.3) is 0 Å². The second-order valence-electron chi connectivity index (χ2n) is 4.99. The van der Waals surface area contributed by atoms with Gasteiger partial charge in [-0.2, -0.15) is 0 Å². The van der Waals surface area contributed by atoms with Crippen LogP contribution in [-0.4, -0.2) is 30.1 Å². The quantitative estimate of drug-likeness (QED) is 0.559. The molecule has 0 aliphatic rings. The molecular weight excluding hydrogens is 387 g/mol. The van der Waals surface area contributed by atoms with Crippen LogP contribution in [0, 0.1) is 0 Å². The minimum Gasteiger partial charge on any atom is -0.496 e. The first-order chi connectivity index (χ1) is 11.9. The van der Waals surface area contributed by atoms with E-state index in [1.165, 1.54) is 14.2 Å². The fourth-order valence-corrected chi connectivity index (χ4v) is 2.49. The molecule has 2 aromatic rings. The van der Waals surface area contributed by atoms with E-state index in [0.717, 1.165) is 0 Å². The predicted molar refractivity (Wildman–Crippen MR) is 101 cm³/mol. The topological polar surface area (TPSA) is 59.6 Å². The van der Waals surface area contributed by atoms with Gasteiger partial charge in [0.1, 0.15) is 17.7 Å². The number of rotatable bonds is 6. The van der Waals surface area contributed by atoms with E-state index < -0.39 is 15.9 Å². The van der Waals surface area contributed by atoms with Gasteiger partial charge < -0.3 is 20.1 Å². The minimum absolute atomic E-state index is 0.325. The minimum atomic E-state index is -1.81. The van der Waals surface area contributed by atoms with E-state index in [-0.39, 0.29) is 0 Å². The summed E-state index contributed by atoms with van der Waals surface area (Å²) in [4.78, 5) is 12.6. The number of carbonyl (C=O) groups excluding carboxylic acids is 1. The Hall–Kier alpha value is -1.82. The van der Waals surface area contributed by atoms with Gasteiger partial charge >= 0.3 is 0 Å². The van der Waals surface area contributed by atoms with Crippen molar-refractivity contribution in [2.75, 3.05) is 19.5 Å². The van der Waals surface area contributed by atoms with Gasteiger partial charge in [-0.1, -0.05) is 59.1 Å². The van der Waals surface area contributed by atoms with Gasteiger partial charge in [0.2, 0.25) is 3.79 Å². The Kier molecular flexibility index (Phi) is 6.64. The van der Waals surface area contributed by atoms with E-state index in [9.17, 15) is 4.79 Å². The van der Waals surface area contributed by atoms with E-state index >= 15 is 0 Å². The maximum absolute atomic E-state index is 12.6. The molecular formula is C17H17Cl3N2O3. The second-order valence-corrected chi connectivity index (χ2v) is 7.36. The molecule has 0 radical (unpaired) electrons. The number of carbonyl (C=O) groups is 1. The summed E-state index contributed by atoms with van der Waals surface area (Å²) in [5, 5.41) is 5.65. The highest BCUT2D eigenvalue weighted by Gasteiger charge is 2.35. The van der Waals surface area contributed by atoms with Crippen LogP contribution in [0.5, 0.6) is 11.5 Å². The highest BCUT2D eigenvalue weighted by Crippen LogP contribution is 2.33. The third-order valence-electron chi connectivity index (χ3n) is 3.36. The summed E-state index contributed by atoms with van der Waals surface area (Å²) in [5.41, 5.74) is 0.896. The van der Waals surface area contributed by atoms with Gasteiger partial charge in [-0.05, 0) is 24.3 Å². The Morgan fingerprint density at radius 1 is 0.960 bits per heavy atom. The lowest BCUT2D eigenvalue weighted by Crippen LogP contribution is -2.49. The first-order valence-corrected chi connectivity index (χ1v) is 8.40. The van der Waals surface area contributed by atoms with Crippen LogP contribution in [0.3, 0.4) is 0 Å². The molecule has 0 saturated heterocycles. The Labute approximate surface area is 161 Å². The van der Waals surface area contributed by atoms with Gasteiger partial charge in [0, 0.05) is 0 Å². The smallest absolute Gasteiger partial charge is 0.256 e. The summed E-state index contributed by atoms with van der Waals surface area (Å²) in [6.45, 7) is 0. The highest BCUT2D eigenvalue weighted by molar-refractivity contribution is 6.68. The SMILES string of the molecule is COc1ccccc1N[C@@H](NC(=O)c1ccccc1OC)C(Cl)(Cl)Cl. The molecule has 0 heterocycles. The standard InChI is InChI=1S/C17H17Cl3N2O3/c1-24-13-9-5-3-7-11(13)15(23)22-16(17(18,19)20)21-12-8-4-6-10-14(12)25-2/h3-10,16,21H,1-2H3,(H,22,23)/t16-/m0/s1. The first kappa shape index (κ1) is 19.5. The Balaban J connectivity index is 2.25. The molecule has 0 saturated carbocycles. The van der Waals surface area contributed by atoms with Gasteiger partial charge in [0.15, 0.2) is 0 Å². The number of hydrogen-bond acceptors (Lipinski definition) is 4. The third kappa shape index (κ3) is 5.08. The summed E-state index contributed by atoms with van der Waals surface area (Å²) in [6, 6.07) is 13.9. The second kappa shape index (κ2) is 8.52. The van der Waals surface area contributed by atoms with E-state index in [0.29, 0.717) is 22.7 Å². The van der Waals surface area contributed by atoms with Crippen molar-refractivity contribution >= 4 is 46.4 Å². The average molecular weight is 404 g/mol. The van der Waals surface area contributed by atoms with Gasteiger partial charge in [-0.3, -0.25) is 4.79 Å². The Morgan fingerprint density at radius 2 is 1.52 bits per heavy atom. The number of hydrogen-bond donors (Lipinski definition) is 2. The van der Waals surface area contributed by atoms with Gasteiger partial charge in [-0.15, -0.1) is 0 Å². The molecule has 0 aliphatic carbocycles. The van der Waals surface area contributed by atoms with Crippen LogP contribution in [0.15, 0.2) is 48.5 Å². The molecule has 2 N–H and O–H groups in total. The van der Waals surface area contributed by atoms with E-state index in [1.807, 2.05) is 6.07 Å². The number of halogens is 3. The fraction of sp³-hybridized carbons (Fsp3) is 0.235. The molecule has 5 nitrogen and oxygen atoms in total. The monoisotopic (exact) mass is 402 g/mol. The normalized spacial score (nSPS) is 12.2. The number of alkyl halides is 3. The molecule has 1 atom stereocenters. The van der Waals surface area contributed by atoms with E-state index in [1.54, 1.807) is 42.5 Å². The van der Waals surface area contributed by atoms with E-state index in [4.69, 9.17) is 44.3 Å². The van der Waals surface area contributed by atoms with Crippen LogP contribution >= 0.6 is 34.8 Å². The summed E-state index contributed by atoms with van der Waals surface area (Å²) >= 11 is 18.1. The number of anilines is 1. The molecule has 1 amide bonds. The molecule has 8 heteroatoms. The zero-order chi connectivity index (χ0) is 18.4. The van der Waals surface area contributed by atoms with E-state index in [2.05, 4.69) is 10.6 Å². The maximum atomic E-state index is 12.6. The van der Waals surface area contributed by atoms with Gasteiger partial charge in [0.05, 0.1) is 25.5 Å². The molecule has 0 unspecified atom stereocenters. The van der Waals surface area contributed by atoms with Crippen LogP contribution in [0.1, 0.15) is 10.4 Å². The van der Waals surface area contributed by atoms with Crippen molar-refractivity contribution in [1.29, 1.82) is 0 Å².